The number of carbonyl (C=O) groups excluding carboxylic acids is 1. The number of amides is 1. The minimum Gasteiger partial charge on any atom is -0.346 e. The van der Waals surface area contributed by atoms with Gasteiger partial charge in [0, 0.05) is 17.2 Å². The minimum atomic E-state index is -0.518. The molecule has 2 rings (SSSR count). The summed E-state index contributed by atoms with van der Waals surface area (Å²) in [5.41, 5.74) is 1.36. The van der Waals surface area contributed by atoms with Crippen molar-refractivity contribution in [2.75, 3.05) is 0 Å². The average Bonchev–Trinajstić information content (AvgIpc) is 2.47. The molecule has 0 fully saturated rings. The molecule has 22 heavy (non-hydrogen) atoms. The Bertz CT molecular complexity index is 714. The summed E-state index contributed by atoms with van der Waals surface area (Å²) in [5.74, 6) is -0.767. The number of nitrogens with one attached hydrogen (secondary N) is 1. The van der Waals surface area contributed by atoms with Crippen molar-refractivity contribution in [2.45, 2.75) is 19.9 Å². The number of nitrogens with zero attached hydrogens (tertiary/aromatic N) is 1. The first-order chi connectivity index (χ1) is 10.4. The summed E-state index contributed by atoms with van der Waals surface area (Å²) in [7, 11) is 0. The van der Waals surface area contributed by atoms with Gasteiger partial charge in [0.25, 0.3) is 11.6 Å². The highest BCUT2D eigenvalue weighted by Crippen LogP contribution is 2.20. The Morgan fingerprint density at radius 3 is 2.45 bits per heavy atom. The zero-order valence-corrected chi connectivity index (χ0v) is 12.2. The number of hydrogen-bond donors (Lipinski definition) is 1. The van der Waals surface area contributed by atoms with Crippen LogP contribution in [0, 0.1) is 22.9 Å². The van der Waals surface area contributed by atoms with Crippen molar-refractivity contribution in [3.63, 3.8) is 0 Å². The Hall–Kier alpha value is -2.76. The zero-order valence-electron chi connectivity index (χ0n) is 12.2. The summed E-state index contributed by atoms with van der Waals surface area (Å²) < 4.78 is 12.9. The maximum absolute atomic E-state index is 12.9. The minimum absolute atomic E-state index is 0.0953. The molecule has 0 unspecified atom stereocenters. The van der Waals surface area contributed by atoms with Gasteiger partial charge in [-0.05, 0) is 37.6 Å². The van der Waals surface area contributed by atoms with Crippen molar-refractivity contribution in [1.82, 2.24) is 5.32 Å². The van der Waals surface area contributed by atoms with Crippen LogP contribution in [0.1, 0.15) is 34.5 Å². The number of benzene rings is 2. The van der Waals surface area contributed by atoms with Gasteiger partial charge in [0.05, 0.1) is 11.0 Å². The Kier molecular flexibility index (Phi) is 4.50. The second-order valence-corrected chi connectivity index (χ2v) is 5.01. The van der Waals surface area contributed by atoms with Crippen LogP contribution in [0.4, 0.5) is 10.1 Å². The van der Waals surface area contributed by atoms with Crippen LogP contribution < -0.4 is 5.32 Å². The number of carbonyl (C=O) groups is 1. The van der Waals surface area contributed by atoms with Crippen LogP contribution in [0.3, 0.4) is 0 Å². The second kappa shape index (κ2) is 6.34. The van der Waals surface area contributed by atoms with E-state index in [1.54, 1.807) is 26.0 Å². The lowest BCUT2D eigenvalue weighted by Gasteiger charge is -2.14. The molecule has 0 aromatic heterocycles. The molecule has 0 saturated carbocycles. The second-order valence-electron chi connectivity index (χ2n) is 5.01. The maximum Gasteiger partial charge on any atom is 0.273 e. The fraction of sp³-hybridized carbons (Fsp3) is 0.188. The van der Waals surface area contributed by atoms with Crippen molar-refractivity contribution < 1.29 is 14.1 Å². The first-order valence-electron chi connectivity index (χ1n) is 6.70. The van der Waals surface area contributed by atoms with Crippen LogP contribution in [0.15, 0.2) is 42.5 Å². The average molecular weight is 302 g/mol. The molecule has 0 heterocycles. The molecule has 0 spiro atoms. The van der Waals surface area contributed by atoms with Gasteiger partial charge in [-0.25, -0.2) is 4.39 Å². The van der Waals surface area contributed by atoms with Crippen molar-refractivity contribution >= 4 is 11.6 Å². The maximum atomic E-state index is 12.9. The van der Waals surface area contributed by atoms with Crippen LogP contribution >= 0.6 is 0 Å². The lowest BCUT2D eigenvalue weighted by atomic mass is 10.1. The van der Waals surface area contributed by atoms with Gasteiger partial charge in [0.1, 0.15) is 5.82 Å². The quantitative estimate of drug-likeness (QED) is 0.693. The van der Waals surface area contributed by atoms with E-state index in [2.05, 4.69) is 5.32 Å². The molecule has 1 atom stereocenters. The largest absolute Gasteiger partial charge is 0.346 e. The molecular formula is C16H15FN2O3. The van der Waals surface area contributed by atoms with E-state index in [1.807, 2.05) is 0 Å². The van der Waals surface area contributed by atoms with Crippen LogP contribution in [0.5, 0.6) is 0 Å². The van der Waals surface area contributed by atoms with Crippen LogP contribution in [0.25, 0.3) is 0 Å². The van der Waals surface area contributed by atoms with Crippen molar-refractivity contribution in [3.8, 4) is 0 Å². The molecule has 0 aliphatic carbocycles. The Morgan fingerprint density at radius 1 is 1.23 bits per heavy atom. The Labute approximate surface area is 126 Å². The normalized spacial score (nSPS) is 11.8. The highest BCUT2D eigenvalue weighted by molar-refractivity contribution is 5.95. The number of hydrogen-bond acceptors (Lipinski definition) is 3. The fourth-order valence-corrected chi connectivity index (χ4v) is 2.06. The van der Waals surface area contributed by atoms with E-state index >= 15 is 0 Å². The molecule has 5 nitrogen and oxygen atoms in total. The molecular weight excluding hydrogens is 287 g/mol. The van der Waals surface area contributed by atoms with E-state index < -0.39 is 10.8 Å². The first kappa shape index (κ1) is 15.6. The summed E-state index contributed by atoms with van der Waals surface area (Å²) in [6.07, 6.45) is 0. The van der Waals surface area contributed by atoms with E-state index in [-0.39, 0.29) is 23.1 Å². The van der Waals surface area contributed by atoms with Crippen molar-refractivity contribution in [1.29, 1.82) is 0 Å². The zero-order chi connectivity index (χ0) is 16.3. The summed E-state index contributed by atoms with van der Waals surface area (Å²) in [5, 5.41) is 13.6. The molecule has 0 saturated heterocycles. The number of nitro benzene ring substituents is 1. The molecule has 1 N–H and O–H groups in total. The van der Waals surface area contributed by atoms with Crippen molar-refractivity contribution in [3.05, 3.63) is 75.1 Å². The van der Waals surface area contributed by atoms with E-state index in [1.165, 1.54) is 30.3 Å². The number of halogens is 1. The molecule has 114 valence electrons. The van der Waals surface area contributed by atoms with E-state index in [0.717, 1.165) is 5.56 Å². The third kappa shape index (κ3) is 3.46. The fourth-order valence-electron chi connectivity index (χ4n) is 2.06. The van der Waals surface area contributed by atoms with Gasteiger partial charge in [-0.1, -0.05) is 18.2 Å². The molecule has 0 bridgehead atoms. The van der Waals surface area contributed by atoms with Crippen molar-refractivity contribution in [2.24, 2.45) is 0 Å². The molecule has 0 radical (unpaired) electrons. The lowest BCUT2D eigenvalue weighted by Crippen LogP contribution is -2.26. The Balaban J connectivity index is 2.16. The molecule has 2 aromatic carbocycles. The summed E-state index contributed by atoms with van der Waals surface area (Å²) >= 11 is 0. The first-order valence-corrected chi connectivity index (χ1v) is 6.70. The summed E-state index contributed by atoms with van der Waals surface area (Å²) in [6.45, 7) is 3.37. The standard InChI is InChI=1S/C16H15FN2O3/c1-10-3-4-13(9-15(10)19(21)22)16(20)18-11(2)12-5-7-14(17)8-6-12/h3-9,11H,1-2H3,(H,18,20)/t11-/m1/s1. The van der Waals surface area contributed by atoms with E-state index in [4.69, 9.17) is 0 Å². The molecule has 0 aliphatic heterocycles. The number of rotatable bonds is 4. The summed E-state index contributed by atoms with van der Waals surface area (Å²) in [6, 6.07) is 9.78. The molecule has 1 amide bonds. The predicted octanol–water partition coefficient (Wildman–Crippen LogP) is 3.53. The highest BCUT2D eigenvalue weighted by Gasteiger charge is 2.16. The molecule has 0 aliphatic rings. The van der Waals surface area contributed by atoms with Gasteiger partial charge in [0.15, 0.2) is 0 Å². The molecule has 2 aromatic rings. The van der Waals surface area contributed by atoms with Gasteiger partial charge < -0.3 is 5.32 Å². The van der Waals surface area contributed by atoms with Crippen LogP contribution in [-0.4, -0.2) is 10.8 Å². The Morgan fingerprint density at radius 2 is 1.86 bits per heavy atom. The van der Waals surface area contributed by atoms with Gasteiger partial charge in [0.2, 0.25) is 0 Å². The van der Waals surface area contributed by atoms with Crippen LogP contribution in [-0.2, 0) is 0 Å². The lowest BCUT2D eigenvalue weighted by molar-refractivity contribution is -0.385. The third-order valence-electron chi connectivity index (χ3n) is 3.39. The van der Waals surface area contributed by atoms with Crippen LogP contribution in [0.2, 0.25) is 0 Å². The summed E-state index contributed by atoms with van der Waals surface area (Å²) in [4.78, 5) is 22.6. The topological polar surface area (TPSA) is 72.2 Å². The van der Waals surface area contributed by atoms with E-state index in [9.17, 15) is 19.3 Å². The van der Waals surface area contributed by atoms with E-state index in [0.29, 0.717) is 5.56 Å². The predicted molar refractivity (Wildman–Crippen MR) is 80.1 cm³/mol. The van der Waals surface area contributed by atoms with Gasteiger partial charge >= 0.3 is 0 Å². The smallest absolute Gasteiger partial charge is 0.273 e. The molecule has 6 heteroatoms. The number of nitro groups is 1. The van der Waals surface area contributed by atoms with Gasteiger partial charge in [-0.2, -0.15) is 0 Å². The monoisotopic (exact) mass is 302 g/mol. The third-order valence-corrected chi connectivity index (χ3v) is 3.39. The van der Waals surface area contributed by atoms with Gasteiger partial charge in [-0.3, -0.25) is 14.9 Å². The SMILES string of the molecule is Cc1ccc(C(=O)N[C@H](C)c2ccc(F)cc2)cc1[N+](=O)[O-]. The highest BCUT2D eigenvalue weighted by atomic mass is 19.1. The van der Waals surface area contributed by atoms with Gasteiger partial charge in [-0.15, -0.1) is 0 Å². The number of aryl methyl sites for hydroxylation is 1.